The molecule has 0 bridgehead atoms. The molecule has 6 rings (SSSR count). The topological polar surface area (TPSA) is 34.6 Å². The van der Waals surface area contributed by atoms with Gasteiger partial charge in [-0.15, -0.1) is 0 Å². The van der Waals surface area contributed by atoms with Gasteiger partial charge >= 0.3 is 7.12 Å². The fourth-order valence-electron chi connectivity index (χ4n) is 5.99. The summed E-state index contributed by atoms with van der Waals surface area (Å²) < 4.78 is 13.3. The molecular weight excluding hydrogens is 563 g/mol. The van der Waals surface area contributed by atoms with E-state index in [0.29, 0.717) is 0 Å². The first-order valence-electron chi connectivity index (χ1n) is 16.4. The van der Waals surface area contributed by atoms with Crippen LogP contribution in [0.25, 0.3) is 21.9 Å². The van der Waals surface area contributed by atoms with Crippen LogP contribution in [0.1, 0.15) is 80.4 Å². The van der Waals surface area contributed by atoms with Crippen molar-refractivity contribution < 1.29 is 9.31 Å². The van der Waals surface area contributed by atoms with Crippen LogP contribution in [-0.2, 0) is 20.1 Å². The molecule has 1 aliphatic rings. The zero-order valence-electron chi connectivity index (χ0n) is 29.1. The number of nitrogens with zero attached hydrogens (tertiary/aromatic N) is 2. The van der Waals surface area contributed by atoms with Crippen LogP contribution in [0.5, 0.6) is 0 Å². The van der Waals surface area contributed by atoms with Gasteiger partial charge < -0.3 is 9.31 Å². The Kier molecular flexibility index (Phi) is 7.94. The molecule has 5 aromatic rings. The van der Waals surface area contributed by atoms with Crippen molar-refractivity contribution >= 4 is 40.5 Å². The molecular formula is C41H47BN2O2. The fraction of sp³-hybridized carbons (Fsp3) is 0.341. The third-order valence-corrected chi connectivity index (χ3v) is 9.61. The first-order valence-corrected chi connectivity index (χ1v) is 16.4. The van der Waals surface area contributed by atoms with Crippen LogP contribution in [0.15, 0.2) is 103 Å². The molecule has 2 heterocycles. The predicted molar refractivity (Wildman–Crippen MR) is 195 cm³/mol. The quantitative estimate of drug-likeness (QED) is 0.186. The van der Waals surface area contributed by atoms with Gasteiger partial charge in [-0.2, -0.15) is 0 Å². The van der Waals surface area contributed by atoms with Crippen molar-refractivity contribution in [1.29, 1.82) is 0 Å². The summed E-state index contributed by atoms with van der Waals surface area (Å²) in [5.74, 6) is 0.842. The second-order valence-electron chi connectivity index (χ2n) is 15.7. The number of hydrogen-bond donors (Lipinski definition) is 0. The lowest BCUT2D eigenvalue weighted by Gasteiger charge is -2.32. The number of pyridine rings is 1. The van der Waals surface area contributed by atoms with Gasteiger partial charge in [-0.05, 0) is 102 Å². The van der Waals surface area contributed by atoms with E-state index in [0.717, 1.165) is 33.6 Å². The third-order valence-electron chi connectivity index (χ3n) is 9.61. The van der Waals surface area contributed by atoms with Gasteiger partial charge in [0.15, 0.2) is 0 Å². The minimum absolute atomic E-state index is 0.00881. The van der Waals surface area contributed by atoms with E-state index in [1.54, 1.807) is 0 Å². The van der Waals surface area contributed by atoms with Gasteiger partial charge in [-0.25, -0.2) is 4.98 Å². The Morgan fingerprint density at radius 1 is 0.630 bits per heavy atom. The predicted octanol–water partition coefficient (Wildman–Crippen LogP) is 10.3. The number of aromatic nitrogens is 1. The zero-order chi connectivity index (χ0) is 33.1. The lowest BCUT2D eigenvalue weighted by atomic mass is 9.76. The van der Waals surface area contributed by atoms with Gasteiger partial charge in [0.25, 0.3) is 0 Å². The minimum atomic E-state index is -0.519. The first kappa shape index (κ1) is 32.0. The van der Waals surface area contributed by atoms with Crippen LogP contribution in [0.2, 0.25) is 0 Å². The summed E-state index contributed by atoms with van der Waals surface area (Å²) in [6.45, 7) is 22.1. The van der Waals surface area contributed by atoms with Gasteiger partial charge in [-0.1, -0.05) is 108 Å². The highest BCUT2D eigenvalue weighted by atomic mass is 16.7. The van der Waals surface area contributed by atoms with Gasteiger partial charge in [0, 0.05) is 17.3 Å². The van der Waals surface area contributed by atoms with Crippen molar-refractivity contribution in [3.63, 3.8) is 0 Å². The highest BCUT2D eigenvalue weighted by molar-refractivity contribution is 6.62. The largest absolute Gasteiger partial charge is 0.494 e. The van der Waals surface area contributed by atoms with Crippen LogP contribution in [-0.4, -0.2) is 23.3 Å². The molecule has 0 unspecified atom stereocenters. The summed E-state index contributed by atoms with van der Waals surface area (Å²) in [4.78, 5) is 7.13. The molecule has 1 saturated heterocycles. The number of benzene rings is 4. The van der Waals surface area contributed by atoms with E-state index < -0.39 is 18.3 Å². The molecule has 1 fully saturated rings. The van der Waals surface area contributed by atoms with Crippen molar-refractivity contribution in [3.05, 3.63) is 114 Å². The Labute approximate surface area is 275 Å². The zero-order valence-corrected chi connectivity index (χ0v) is 29.1. The molecule has 236 valence electrons. The summed E-state index contributed by atoms with van der Waals surface area (Å²) in [5.41, 5.74) is 7.01. The molecule has 1 aliphatic heterocycles. The summed E-state index contributed by atoms with van der Waals surface area (Å²) in [5, 5.41) is 2.33. The van der Waals surface area contributed by atoms with E-state index in [4.69, 9.17) is 14.3 Å². The average molecular weight is 611 g/mol. The van der Waals surface area contributed by atoms with Crippen LogP contribution in [0, 0.1) is 0 Å². The third kappa shape index (κ3) is 6.11. The van der Waals surface area contributed by atoms with Crippen molar-refractivity contribution in [2.75, 3.05) is 4.90 Å². The Bertz CT molecular complexity index is 1830. The highest BCUT2D eigenvalue weighted by Crippen LogP contribution is 2.42. The van der Waals surface area contributed by atoms with Crippen LogP contribution in [0.4, 0.5) is 17.2 Å². The van der Waals surface area contributed by atoms with Gasteiger partial charge in [0.1, 0.15) is 5.82 Å². The Morgan fingerprint density at radius 3 is 1.83 bits per heavy atom. The number of hydrogen-bond acceptors (Lipinski definition) is 4. The van der Waals surface area contributed by atoms with Crippen LogP contribution in [0.3, 0.4) is 0 Å². The lowest BCUT2D eigenvalue weighted by molar-refractivity contribution is 0.00578. The number of anilines is 3. The minimum Gasteiger partial charge on any atom is -0.399 e. The molecule has 0 atom stereocenters. The Balaban J connectivity index is 1.64. The number of rotatable bonds is 5. The maximum atomic E-state index is 6.66. The molecule has 0 amide bonds. The van der Waals surface area contributed by atoms with Crippen LogP contribution >= 0.6 is 0 Å². The smallest absolute Gasteiger partial charge is 0.399 e. The SMILES string of the molecule is CC(C)(C)c1cc(-c2cc(B3OC(C)(C)C(C)(C)O3)cc(N(c3ccccn3)c3cccc4ccccc34)c2)cc(C(C)(C)C)c1. The Morgan fingerprint density at radius 2 is 1.22 bits per heavy atom. The summed E-state index contributed by atoms with van der Waals surface area (Å²) in [7, 11) is -0.519. The molecule has 1 aromatic heterocycles. The highest BCUT2D eigenvalue weighted by Gasteiger charge is 2.52. The van der Waals surface area contributed by atoms with Gasteiger partial charge in [0.2, 0.25) is 0 Å². The van der Waals surface area contributed by atoms with E-state index in [9.17, 15) is 0 Å². The molecule has 0 N–H and O–H groups in total. The maximum absolute atomic E-state index is 6.66. The average Bonchev–Trinajstić information content (AvgIpc) is 3.23. The van der Waals surface area contributed by atoms with Gasteiger partial charge in [0.05, 0.1) is 16.9 Å². The summed E-state index contributed by atoms with van der Waals surface area (Å²) in [6.07, 6.45) is 1.86. The van der Waals surface area contributed by atoms with Crippen molar-refractivity contribution in [2.45, 2.75) is 91.3 Å². The second-order valence-corrected chi connectivity index (χ2v) is 15.7. The monoisotopic (exact) mass is 610 g/mol. The van der Waals surface area contributed by atoms with Crippen molar-refractivity contribution in [2.24, 2.45) is 0 Å². The number of fused-ring (bicyclic) bond motifs is 1. The second kappa shape index (κ2) is 11.4. The Hall–Kier alpha value is -3.93. The van der Waals surface area contributed by atoms with Crippen molar-refractivity contribution in [1.82, 2.24) is 4.98 Å². The standard InChI is InChI=1S/C41H47BN2O2/c1-38(2,3)31-22-29(23-32(26-31)39(4,5)6)30-24-33(42-45-40(7,8)41(9,10)46-42)27-34(25-30)44(37-20-13-14-21-43-37)36-19-15-17-28-16-11-12-18-35(28)36/h11-27H,1-10H3. The molecule has 0 aliphatic carbocycles. The van der Waals surface area contributed by atoms with E-state index in [1.165, 1.54) is 22.1 Å². The van der Waals surface area contributed by atoms with E-state index >= 15 is 0 Å². The first-order chi connectivity index (χ1) is 21.5. The fourth-order valence-corrected chi connectivity index (χ4v) is 5.99. The molecule has 5 heteroatoms. The summed E-state index contributed by atoms with van der Waals surface area (Å²) >= 11 is 0. The van der Waals surface area contributed by atoms with Crippen molar-refractivity contribution in [3.8, 4) is 11.1 Å². The van der Waals surface area contributed by atoms with Crippen LogP contribution < -0.4 is 10.4 Å². The molecule has 4 nitrogen and oxygen atoms in total. The van der Waals surface area contributed by atoms with E-state index in [-0.39, 0.29) is 10.8 Å². The van der Waals surface area contributed by atoms with Gasteiger partial charge in [-0.3, -0.25) is 4.90 Å². The molecule has 0 saturated carbocycles. The lowest BCUT2D eigenvalue weighted by Crippen LogP contribution is -2.41. The molecule has 4 aromatic carbocycles. The summed E-state index contributed by atoms with van der Waals surface area (Å²) in [6, 6.07) is 34.9. The molecule has 0 spiro atoms. The normalized spacial score (nSPS) is 16.2. The maximum Gasteiger partial charge on any atom is 0.494 e. The molecule has 46 heavy (non-hydrogen) atoms. The van der Waals surface area contributed by atoms with E-state index in [1.807, 2.05) is 18.3 Å². The van der Waals surface area contributed by atoms with E-state index in [2.05, 4.69) is 159 Å². The molecule has 0 radical (unpaired) electrons.